The van der Waals surface area contributed by atoms with E-state index in [-0.39, 0.29) is 6.10 Å². The second-order valence-corrected chi connectivity index (χ2v) is 11.0. The summed E-state index contributed by atoms with van der Waals surface area (Å²) in [5, 5.41) is 0. The number of unbranched alkanes of at least 4 members (excludes halogenated alkanes) is 1. The smallest absolute Gasteiger partial charge is 0.203 e. The molecule has 0 bridgehead atoms. The monoisotopic (exact) mass is 598 g/mol. The second kappa shape index (κ2) is 17.9. The van der Waals surface area contributed by atoms with Gasteiger partial charge in [-0.3, -0.25) is 0 Å². The quantitative estimate of drug-likeness (QED) is 0.136. The fraction of sp³-hybridized carbons (Fsp3) is 0.385. The molecule has 0 fully saturated rings. The highest BCUT2D eigenvalue weighted by atomic mass is 16.5. The van der Waals surface area contributed by atoms with E-state index in [4.69, 9.17) is 23.7 Å². The topological polar surface area (TPSA) is 46.2 Å². The number of hydrogen-bond donors (Lipinski definition) is 0. The zero-order valence-electron chi connectivity index (χ0n) is 27.7. The molecule has 0 aliphatic heterocycles. The number of hydrogen-bond acceptors (Lipinski definition) is 5. The van der Waals surface area contributed by atoms with E-state index in [1.165, 1.54) is 19.3 Å². The molecule has 3 rings (SSSR count). The van der Waals surface area contributed by atoms with Crippen LogP contribution >= 0.6 is 0 Å². The highest BCUT2D eigenvalue weighted by Crippen LogP contribution is 2.40. The predicted octanol–water partition coefficient (Wildman–Crippen LogP) is 10.5. The van der Waals surface area contributed by atoms with Gasteiger partial charge in [0.25, 0.3) is 0 Å². The highest BCUT2D eigenvalue weighted by molar-refractivity contribution is 5.76. The highest BCUT2D eigenvalue weighted by Gasteiger charge is 2.16. The maximum absolute atomic E-state index is 6.24. The molecule has 0 aromatic heterocycles. The Morgan fingerprint density at radius 2 is 1.18 bits per heavy atom. The zero-order valence-corrected chi connectivity index (χ0v) is 27.7. The van der Waals surface area contributed by atoms with Gasteiger partial charge in [0.05, 0.1) is 34.0 Å². The van der Waals surface area contributed by atoms with Crippen LogP contribution in [0.25, 0.3) is 30.4 Å². The summed E-state index contributed by atoms with van der Waals surface area (Å²) in [5.74, 6) is 3.96. The lowest BCUT2D eigenvalue weighted by molar-refractivity contribution is 0.207. The molecule has 0 spiro atoms. The Morgan fingerprint density at radius 3 is 1.64 bits per heavy atom. The Hall–Kier alpha value is -4.12. The lowest BCUT2D eigenvalue weighted by atomic mass is 10.0. The van der Waals surface area contributed by atoms with Crippen LogP contribution in [0.15, 0.2) is 55.1 Å². The van der Waals surface area contributed by atoms with Gasteiger partial charge >= 0.3 is 0 Å². The molecule has 0 heterocycles. The lowest BCUT2D eigenvalue weighted by Gasteiger charge is -2.19. The predicted molar refractivity (Wildman–Crippen MR) is 186 cm³/mol. The van der Waals surface area contributed by atoms with Crippen LogP contribution in [0.2, 0.25) is 0 Å². The molecule has 5 heteroatoms. The van der Waals surface area contributed by atoms with E-state index in [1.54, 1.807) is 27.4 Å². The zero-order chi connectivity index (χ0) is 31.9. The van der Waals surface area contributed by atoms with Gasteiger partial charge in [0.1, 0.15) is 0 Å². The van der Waals surface area contributed by atoms with Crippen LogP contribution in [0, 0.1) is 5.92 Å². The fourth-order valence-corrected chi connectivity index (χ4v) is 4.80. The Bertz CT molecular complexity index is 1360. The van der Waals surface area contributed by atoms with Gasteiger partial charge in [-0.05, 0) is 72.2 Å². The first-order valence-corrected chi connectivity index (χ1v) is 15.8. The summed E-state index contributed by atoms with van der Waals surface area (Å²) in [6, 6.07) is 16.4. The fourth-order valence-electron chi connectivity index (χ4n) is 4.80. The standard InChI is InChI=1S/C39H50O5/c1-9-13-14-29(11-3)27-43-39-36(41-7)25-33(26-37(39)42-8)22-20-31-17-15-30(16-18-31)19-21-32-23-34(12-4)38(35(24-32)40-6)44-28(5)10-2/h12,15-26,28-29H,4,9-11,13-14,27H2,1-3,5-8H3/b21-19+,22-20+. The molecular weight excluding hydrogens is 548 g/mol. The summed E-state index contributed by atoms with van der Waals surface area (Å²) < 4.78 is 29.4. The molecule has 0 radical (unpaired) electrons. The molecule has 0 saturated carbocycles. The Morgan fingerprint density at radius 1 is 0.682 bits per heavy atom. The molecule has 3 aromatic carbocycles. The third-order valence-electron chi connectivity index (χ3n) is 7.80. The molecule has 5 nitrogen and oxygen atoms in total. The van der Waals surface area contributed by atoms with Crippen LogP contribution in [-0.2, 0) is 0 Å². The maximum Gasteiger partial charge on any atom is 0.203 e. The van der Waals surface area contributed by atoms with Gasteiger partial charge in [-0.2, -0.15) is 0 Å². The van der Waals surface area contributed by atoms with E-state index < -0.39 is 0 Å². The van der Waals surface area contributed by atoms with Crippen molar-refractivity contribution in [2.45, 2.75) is 65.9 Å². The van der Waals surface area contributed by atoms with Gasteiger partial charge in [-0.25, -0.2) is 0 Å². The summed E-state index contributed by atoms with van der Waals surface area (Å²) in [7, 11) is 5.00. The van der Waals surface area contributed by atoms with Gasteiger partial charge in [0.15, 0.2) is 23.0 Å². The summed E-state index contributed by atoms with van der Waals surface area (Å²) in [6.45, 7) is 13.2. The first-order valence-electron chi connectivity index (χ1n) is 15.8. The molecular formula is C39H50O5. The van der Waals surface area contributed by atoms with Gasteiger partial charge in [0.2, 0.25) is 5.75 Å². The number of benzene rings is 3. The van der Waals surface area contributed by atoms with E-state index in [0.29, 0.717) is 35.5 Å². The van der Waals surface area contributed by atoms with Crippen molar-refractivity contribution in [3.63, 3.8) is 0 Å². The molecule has 2 atom stereocenters. The normalized spacial score (nSPS) is 12.7. The molecule has 0 aliphatic carbocycles. The van der Waals surface area contributed by atoms with Crippen molar-refractivity contribution in [3.8, 4) is 28.7 Å². The van der Waals surface area contributed by atoms with Crippen molar-refractivity contribution in [1.29, 1.82) is 0 Å². The number of ether oxygens (including phenoxy) is 5. The summed E-state index contributed by atoms with van der Waals surface area (Å²) in [4.78, 5) is 0. The van der Waals surface area contributed by atoms with Crippen molar-refractivity contribution in [2.75, 3.05) is 27.9 Å². The minimum Gasteiger partial charge on any atom is -0.493 e. The van der Waals surface area contributed by atoms with Gasteiger partial charge in [-0.1, -0.05) is 101 Å². The second-order valence-electron chi connectivity index (χ2n) is 11.0. The molecule has 3 aromatic rings. The van der Waals surface area contributed by atoms with E-state index >= 15 is 0 Å². The van der Waals surface area contributed by atoms with E-state index in [2.05, 4.69) is 88.9 Å². The third-order valence-corrected chi connectivity index (χ3v) is 7.80. The van der Waals surface area contributed by atoms with Crippen molar-refractivity contribution in [3.05, 3.63) is 82.9 Å². The SMILES string of the molecule is C=Cc1cc(/C=C/c2ccc(/C=C/c3cc(OC)c(OCC(CC)CCCC)c(OC)c3)cc2)cc(OC)c1OC(C)CC. The molecule has 0 aliphatic rings. The van der Waals surface area contributed by atoms with Crippen molar-refractivity contribution in [2.24, 2.45) is 5.92 Å². The molecule has 236 valence electrons. The van der Waals surface area contributed by atoms with E-state index in [1.807, 2.05) is 18.2 Å². The van der Waals surface area contributed by atoms with Crippen LogP contribution in [0.4, 0.5) is 0 Å². The minimum absolute atomic E-state index is 0.0905. The number of rotatable bonds is 18. The minimum atomic E-state index is 0.0905. The van der Waals surface area contributed by atoms with Crippen LogP contribution in [0.5, 0.6) is 28.7 Å². The average molecular weight is 599 g/mol. The van der Waals surface area contributed by atoms with Gasteiger partial charge in [-0.15, -0.1) is 0 Å². The van der Waals surface area contributed by atoms with Crippen molar-refractivity contribution >= 4 is 30.4 Å². The molecule has 0 N–H and O–H groups in total. The molecule has 44 heavy (non-hydrogen) atoms. The summed E-state index contributed by atoms with van der Waals surface area (Å²) in [5.41, 5.74) is 5.08. The Balaban J connectivity index is 1.74. The van der Waals surface area contributed by atoms with Crippen LogP contribution in [0.3, 0.4) is 0 Å². The van der Waals surface area contributed by atoms with E-state index in [0.717, 1.165) is 46.4 Å². The average Bonchev–Trinajstić information content (AvgIpc) is 3.06. The van der Waals surface area contributed by atoms with Crippen LogP contribution < -0.4 is 23.7 Å². The van der Waals surface area contributed by atoms with Crippen molar-refractivity contribution < 1.29 is 23.7 Å². The van der Waals surface area contributed by atoms with Gasteiger partial charge < -0.3 is 23.7 Å². The van der Waals surface area contributed by atoms with Crippen molar-refractivity contribution in [1.82, 2.24) is 0 Å². The van der Waals surface area contributed by atoms with Gasteiger partial charge in [0, 0.05) is 5.56 Å². The lowest BCUT2D eigenvalue weighted by Crippen LogP contribution is -2.12. The maximum atomic E-state index is 6.24. The van der Waals surface area contributed by atoms with Crippen LogP contribution in [0.1, 0.15) is 87.6 Å². The molecule has 0 saturated heterocycles. The molecule has 0 amide bonds. The Labute approximate surface area is 265 Å². The van der Waals surface area contributed by atoms with E-state index in [9.17, 15) is 0 Å². The summed E-state index contributed by atoms with van der Waals surface area (Å²) >= 11 is 0. The molecule has 2 unspecified atom stereocenters. The Kier molecular flexibility index (Phi) is 14.0. The largest absolute Gasteiger partial charge is 0.493 e. The summed E-state index contributed by atoms with van der Waals surface area (Å²) in [6.07, 6.45) is 15.8. The third kappa shape index (κ3) is 9.70. The number of methoxy groups -OCH3 is 3. The first kappa shape index (κ1) is 34.4. The van der Waals surface area contributed by atoms with Crippen LogP contribution in [-0.4, -0.2) is 34.0 Å². The first-order chi connectivity index (χ1) is 21.4.